The maximum atomic E-state index is 9.70. The normalized spacial score (nSPS) is 21.0. The van der Waals surface area contributed by atoms with Crippen molar-refractivity contribution < 1.29 is 14.6 Å². The molecular formula is C11H24N2O3. The molecule has 0 aliphatic carbocycles. The van der Waals surface area contributed by atoms with Gasteiger partial charge in [-0.25, -0.2) is 5.01 Å². The van der Waals surface area contributed by atoms with Gasteiger partial charge in [0.1, 0.15) is 0 Å². The summed E-state index contributed by atoms with van der Waals surface area (Å²) < 4.78 is 10.7. The molecule has 1 saturated heterocycles. The van der Waals surface area contributed by atoms with E-state index in [1.165, 1.54) is 0 Å². The Morgan fingerprint density at radius 1 is 1.38 bits per heavy atom. The van der Waals surface area contributed by atoms with Gasteiger partial charge in [0, 0.05) is 19.6 Å². The molecule has 1 aliphatic rings. The largest absolute Gasteiger partial charge is 0.389 e. The summed E-state index contributed by atoms with van der Waals surface area (Å²) in [6, 6.07) is 0. The molecule has 0 amide bonds. The number of hydrogen-bond acceptors (Lipinski definition) is 5. The molecule has 1 unspecified atom stereocenters. The van der Waals surface area contributed by atoms with Crippen LogP contribution < -0.4 is 5.43 Å². The van der Waals surface area contributed by atoms with E-state index in [0.717, 1.165) is 26.3 Å². The van der Waals surface area contributed by atoms with Gasteiger partial charge >= 0.3 is 0 Å². The van der Waals surface area contributed by atoms with E-state index in [9.17, 15) is 5.11 Å². The fourth-order valence-electron chi connectivity index (χ4n) is 1.36. The molecule has 1 fully saturated rings. The van der Waals surface area contributed by atoms with Crippen molar-refractivity contribution in [2.45, 2.75) is 32.5 Å². The van der Waals surface area contributed by atoms with Gasteiger partial charge in [-0.1, -0.05) is 0 Å². The third kappa shape index (κ3) is 6.40. The summed E-state index contributed by atoms with van der Waals surface area (Å²) in [5.74, 6) is 0. The van der Waals surface area contributed by atoms with Gasteiger partial charge < -0.3 is 14.6 Å². The highest BCUT2D eigenvalue weighted by molar-refractivity contribution is 4.65. The highest BCUT2D eigenvalue weighted by Gasteiger charge is 2.15. The van der Waals surface area contributed by atoms with Crippen LogP contribution in [0.5, 0.6) is 0 Å². The van der Waals surface area contributed by atoms with E-state index in [-0.39, 0.29) is 5.60 Å². The maximum Gasteiger partial charge on any atom is 0.0911 e. The summed E-state index contributed by atoms with van der Waals surface area (Å²) >= 11 is 0. The summed E-state index contributed by atoms with van der Waals surface area (Å²) in [6.07, 6.45) is -0.470. The minimum absolute atomic E-state index is 0.194. The van der Waals surface area contributed by atoms with Gasteiger partial charge in [0.2, 0.25) is 0 Å². The zero-order valence-electron chi connectivity index (χ0n) is 10.5. The van der Waals surface area contributed by atoms with Crippen molar-refractivity contribution in [3.63, 3.8) is 0 Å². The van der Waals surface area contributed by atoms with Gasteiger partial charge in [-0.15, -0.1) is 0 Å². The third-order valence-electron chi connectivity index (χ3n) is 2.27. The molecule has 0 saturated carbocycles. The molecule has 0 aromatic rings. The van der Waals surface area contributed by atoms with Crippen molar-refractivity contribution in [1.82, 2.24) is 10.4 Å². The lowest BCUT2D eigenvalue weighted by Crippen LogP contribution is -2.49. The summed E-state index contributed by atoms with van der Waals surface area (Å²) in [5.41, 5.74) is 2.99. The van der Waals surface area contributed by atoms with E-state index in [4.69, 9.17) is 9.47 Å². The molecule has 96 valence electrons. The van der Waals surface area contributed by atoms with Crippen LogP contribution in [0.3, 0.4) is 0 Å². The summed E-state index contributed by atoms with van der Waals surface area (Å²) in [5, 5.41) is 11.8. The number of ether oxygens (including phenoxy) is 2. The Bertz CT molecular complexity index is 188. The number of nitrogens with one attached hydrogen (secondary N) is 1. The first kappa shape index (κ1) is 13.9. The molecular weight excluding hydrogens is 208 g/mol. The molecule has 1 atom stereocenters. The molecule has 16 heavy (non-hydrogen) atoms. The number of hydrazine groups is 1. The maximum absolute atomic E-state index is 9.70. The van der Waals surface area contributed by atoms with Crippen molar-refractivity contribution in [3.05, 3.63) is 0 Å². The number of aliphatic hydroxyl groups excluding tert-OH is 1. The van der Waals surface area contributed by atoms with Gasteiger partial charge in [0.15, 0.2) is 0 Å². The van der Waals surface area contributed by atoms with E-state index in [0.29, 0.717) is 13.2 Å². The van der Waals surface area contributed by atoms with Crippen LogP contribution in [0.1, 0.15) is 20.8 Å². The first-order chi connectivity index (χ1) is 7.47. The minimum Gasteiger partial charge on any atom is -0.389 e. The quantitative estimate of drug-likeness (QED) is 0.699. The number of morpholine rings is 1. The molecule has 0 aromatic carbocycles. The monoisotopic (exact) mass is 232 g/mol. The smallest absolute Gasteiger partial charge is 0.0911 e. The Morgan fingerprint density at radius 2 is 2.00 bits per heavy atom. The van der Waals surface area contributed by atoms with Crippen LogP contribution in [0.4, 0.5) is 0 Å². The van der Waals surface area contributed by atoms with E-state index >= 15 is 0 Å². The van der Waals surface area contributed by atoms with Crippen LogP contribution in [0.25, 0.3) is 0 Å². The minimum atomic E-state index is -0.470. The lowest BCUT2D eigenvalue weighted by Gasteiger charge is -2.29. The number of nitrogens with zero attached hydrogens (tertiary/aromatic N) is 1. The highest BCUT2D eigenvalue weighted by atomic mass is 16.5. The van der Waals surface area contributed by atoms with Gasteiger partial charge in [-0.05, 0) is 20.8 Å². The average Bonchev–Trinajstić information content (AvgIpc) is 2.24. The molecule has 0 aromatic heterocycles. The first-order valence-corrected chi connectivity index (χ1v) is 5.85. The summed E-state index contributed by atoms with van der Waals surface area (Å²) in [4.78, 5) is 0. The van der Waals surface area contributed by atoms with Crippen molar-refractivity contribution in [2.75, 3.05) is 39.5 Å². The van der Waals surface area contributed by atoms with Crippen LogP contribution in [0.2, 0.25) is 0 Å². The zero-order chi connectivity index (χ0) is 12.0. The molecule has 1 heterocycles. The standard InChI is InChI=1S/C11H24N2O3/c1-11(2,3)16-9-10(14)8-12-13-4-6-15-7-5-13/h10,12,14H,4-9H2,1-3H3. The summed E-state index contributed by atoms with van der Waals surface area (Å²) in [6.45, 7) is 10.1. The highest BCUT2D eigenvalue weighted by Crippen LogP contribution is 2.06. The third-order valence-corrected chi connectivity index (χ3v) is 2.27. The SMILES string of the molecule is CC(C)(C)OCC(O)CNN1CCOCC1. The van der Waals surface area contributed by atoms with Crippen LogP contribution in [0.15, 0.2) is 0 Å². The Balaban J connectivity index is 2.07. The Morgan fingerprint density at radius 3 is 2.56 bits per heavy atom. The molecule has 5 nitrogen and oxygen atoms in total. The second-order valence-corrected chi connectivity index (χ2v) is 5.04. The molecule has 5 heteroatoms. The van der Waals surface area contributed by atoms with Crippen molar-refractivity contribution in [3.8, 4) is 0 Å². The number of rotatable bonds is 5. The number of hydrogen-bond donors (Lipinski definition) is 2. The molecule has 0 spiro atoms. The average molecular weight is 232 g/mol. The van der Waals surface area contributed by atoms with Gasteiger partial charge in [0.05, 0.1) is 31.5 Å². The molecule has 0 bridgehead atoms. The second-order valence-electron chi connectivity index (χ2n) is 5.04. The van der Waals surface area contributed by atoms with Crippen molar-refractivity contribution in [2.24, 2.45) is 0 Å². The van der Waals surface area contributed by atoms with E-state index < -0.39 is 6.10 Å². The fourth-order valence-corrected chi connectivity index (χ4v) is 1.36. The fraction of sp³-hybridized carbons (Fsp3) is 1.00. The molecule has 1 rings (SSSR count). The predicted molar refractivity (Wildman–Crippen MR) is 62.1 cm³/mol. The van der Waals surface area contributed by atoms with Crippen LogP contribution in [0, 0.1) is 0 Å². The Labute approximate surface area is 97.7 Å². The first-order valence-electron chi connectivity index (χ1n) is 5.85. The van der Waals surface area contributed by atoms with Gasteiger partial charge in [-0.3, -0.25) is 5.43 Å². The topological polar surface area (TPSA) is 54.0 Å². The van der Waals surface area contributed by atoms with Gasteiger partial charge in [0.25, 0.3) is 0 Å². The lowest BCUT2D eigenvalue weighted by molar-refractivity contribution is -0.0566. The van der Waals surface area contributed by atoms with Crippen molar-refractivity contribution >= 4 is 0 Å². The van der Waals surface area contributed by atoms with E-state index in [2.05, 4.69) is 10.4 Å². The van der Waals surface area contributed by atoms with Crippen LogP contribution in [-0.2, 0) is 9.47 Å². The van der Waals surface area contributed by atoms with E-state index in [1.54, 1.807) is 0 Å². The van der Waals surface area contributed by atoms with Crippen LogP contribution in [-0.4, -0.2) is 61.3 Å². The number of aliphatic hydroxyl groups is 1. The van der Waals surface area contributed by atoms with Crippen molar-refractivity contribution in [1.29, 1.82) is 0 Å². The lowest BCUT2D eigenvalue weighted by atomic mass is 10.2. The Hall–Kier alpha value is -0.200. The molecule has 0 radical (unpaired) electrons. The molecule has 1 aliphatic heterocycles. The summed E-state index contributed by atoms with van der Waals surface area (Å²) in [7, 11) is 0. The van der Waals surface area contributed by atoms with E-state index in [1.807, 2.05) is 20.8 Å². The second kappa shape index (κ2) is 6.51. The zero-order valence-corrected chi connectivity index (χ0v) is 10.5. The van der Waals surface area contributed by atoms with Crippen LogP contribution >= 0.6 is 0 Å². The predicted octanol–water partition coefficient (Wildman–Crippen LogP) is -0.000800. The Kier molecular flexibility index (Phi) is 5.64. The molecule has 2 N–H and O–H groups in total. The van der Waals surface area contributed by atoms with Gasteiger partial charge in [-0.2, -0.15) is 0 Å².